The number of carbonyl (C=O) groups excluding carboxylic acids is 2. The molecule has 6 heteroatoms. The smallest absolute Gasteiger partial charge is 0.254 e. The van der Waals surface area contributed by atoms with Crippen LogP contribution in [0.4, 0.5) is 5.69 Å². The molecule has 1 saturated heterocycles. The molecule has 2 amide bonds. The number of nitrogens with zero attached hydrogens (tertiary/aromatic N) is 2. The van der Waals surface area contributed by atoms with Gasteiger partial charge in [-0.15, -0.1) is 17.9 Å². The van der Waals surface area contributed by atoms with Crippen molar-refractivity contribution < 1.29 is 9.59 Å². The Morgan fingerprint density at radius 1 is 1.28 bits per heavy atom. The summed E-state index contributed by atoms with van der Waals surface area (Å²) in [4.78, 5) is 29.2. The van der Waals surface area contributed by atoms with Gasteiger partial charge in [-0.3, -0.25) is 9.59 Å². The van der Waals surface area contributed by atoms with E-state index in [-0.39, 0.29) is 11.8 Å². The Balaban J connectivity index is 1.74. The van der Waals surface area contributed by atoms with Gasteiger partial charge in [0.15, 0.2) is 0 Å². The summed E-state index contributed by atoms with van der Waals surface area (Å²) < 4.78 is 0.709. The first-order valence-electron chi connectivity index (χ1n) is 8.13. The monoisotopic (exact) mass is 374 g/mol. The molecule has 1 fully saturated rings. The van der Waals surface area contributed by atoms with Crippen LogP contribution in [0.25, 0.3) is 0 Å². The molecule has 1 aliphatic rings. The van der Waals surface area contributed by atoms with Gasteiger partial charge in [0.1, 0.15) is 0 Å². The maximum atomic E-state index is 12.8. The van der Waals surface area contributed by atoms with Gasteiger partial charge >= 0.3 is 0 Å². The van der Waals surface area contributed by atoms with Crippen LogP contribution >= 0.6 is 22.9 Å². The lowest BCUT2D eigenvalue weighted by molar-refractivity contribution is -0.117. The van der Waals surface area contributed by atoms with E-state index in [0.717, 1.165) is 23.5 Å². The third kappa shape index (κ3) is 4.11. The quantitative estimate of drug-likeness (QED) is 0.705. The zero-order valence-corrected chi connectivity index (χ0v) is 15.4. The summed E-state index contributed by atoms with van der Waals surface area (Å²) in [7, 11) is 0. The highest BCUT2D eigenvalue weighted by Gasteiger charge is 2.22. The molecule has 1 aliphatic heterocycles. The maximum absolute atomic E-state index is 12.8. The lowest BCUT2D eigenvalue weighted by atomic mass is 10.1. The maximum Gasteiger partial charge on any atom is 0.254 e. The van der Waals surface area contributed by atoms with Crippen molar-refractivity contribution in [3.63, 3.8) is 0 Å². The number of anilines is 1. The lowest BCUT2D eigenvalue weighted by Gasteiger charge is -2.21. The lowest BCUT2D eigenvalue weighted by Crippen LogP contribution is -2.30. The predicted molar refractivity (Wildman–Crippen MR) is 102 cm³/mol. The van der Waals surface area contributed by atoms with Gasteiger partial charge in [0.25, 0.3) is 5.91 Å². The zero-order valence-electron chi connectivity index (χ0n) is 13.8. The predicted octanol–water partition coefficient (Wildman–Crippen LogP) is 4.36. The van der Waals surface area contributed by atoms with E-state index in [0.29, 0.717) is 29.4 Å². The van der Waals surface area contributed by atoms with Gasteiger partial charge in [0, 0.05) is 35.6 Å². The van der Waals surface area contributed by atoms with Crippen LogP contribution in [-0.4, -0.2) is 29.8 Å². The number of benzene rings is 1. The number of carbonyl (C=O) groups is 2. The molecule has 2 heterocycles. The largest absolute Gasteiger partial charge is 0.330 e. The highest BCUT2D eigenvalue weighted by atomic mass is 35.5. The van der Waals surface area contributed by atoms with Gasteiger partial charge in [0.05, 0.1) is 10.9 Å². The van der Waals surface area contributed by atoms with E-state index < -0.39 is 0 Å². The van der Waals surface area contributed by atoms with Crippen molar-refractivity contribution in [3.05, 3.63) is 63.8 Å². The molecular formula is C19H19ClN2O2S. The van der Waals surface area contributed by atoms with E-state index in [4.69, 9.17) is 11.6 Å². The minimum Gasteiger partial charge on any atom is -0.330 e. The number of rotatable bonds is 6. The number of hydrogen-bond donors (Lipinski definition) is 0. The average molecular weight is 375 g/mol. The minimum absolute atomic E-state index is 0.0660. The molecule has 3 rings (SSSR count). The first-order valence-corrected chi connectivity index (χ1v) is 9.33. The minimum atomic E-state index is -0.0660. The topological polar surface area (TPSA) is 40.6 Å². The highest BCUT2D eigenvalue weighted by molar-refractivity contribution is 7.16. The summed E-state index contributed by atoms with van der Waals surface area (Å²) >= 11 is 7.44. The molecule has 1 aromatic carbocycles. The Morgan fingerprint density at radius 2 is 2.04 bits per heavy atom. The van der Waals surface area contributed by atoms with Gasteiger partial charge in [-0.2, -0.15) is 0 Å². The molecule has 0 N–H and O–H groups in total. The van der Waals surface area contributed by atoms with Gasteiger partial charge in [0.2, 0.25) is 5.91 Å². The van der Waals surface area contributed by atoms with Crippen LogP contribution in [0.5, 0.6) is 0 Å². The second-order valence-electron chi connectivity index (χ2n) is 5.88. The second kappa shape index (κ2) is 7.85. The molecule has 4 nitrogen and oxygen atoms in total. The van der Waals surface area contributed by atoms with Gasteiger partial charge in [-0.05, 0) is 42.8 Å². The summed E-state index contributed by atoms with van der Waals surface area (Å²) in [6, 6.07) is 11.0. The Labute approximate surface area is 156 Å². The van der Waals surface area contributed by atoms with Crippen molar-refractivity contribution in [1.82, 2.24) is 4.90 Å². The molecule has 1 aromatic heterocycles. The van der Waals surface area contributed by atoms with Crippen LogP contribution in [0, 0.1) is 0 Å². The van der Waals surface area contributed by atoms with E-state index >= 15 is 0 Å². The van der Waals surface area contributed by atoms with Gasteiger partial charge in [-0.25, -0.2) is 0 Å². The van der Waals surface area contributed by atoms with Crippen LogP contribution in [0.1, 0.15) is 28.1 Å². The summed E-state index contributed by atoms with van der Waals surface area (Å²) in [6.07, 6.45) is 3.19. The molecule has 0 spiro atoms. The zero-order chi connectivity index (χ0) is 17.8. The first kappa shape index (κ1) is 17.7. The number of hydrogen-bond acceptors (Lipinski definition) is 3. The molecule has 0 unspecified atom stereocenters. The Bertz CT molecular complexity index is 785. The average Bonchev–Trinajstić information content (AvgIpc) is 3.22. The van der Waals surface area contributed by atoms with Crippen LogP contribution in [0.15, 0.2) is 49.1 Å². The normalized spacial score (nSPS) is 14.0. The second-order valence-corrected chi connectivity index (χ2v) is 7.68. The molecule has 0 atom stereocenters. The van der Waals surface area contributed by atoms with E-state index in [9.17, 15) is 9.59 Å². The van der Waals surface area contributed by atoms with E-state index in [1.165, 1.54) is 11.3 Å². The third-order valence-corrected chi connectivity index (χ3v) is 5.33. The molecule has 25 heavy (non-hydrogen) atoms. The van der Waals surface area contributed by atoms with Gasteiger partial charge in [-0.1, -0.05) is 17.7 Å². The summed E-state index contributed by atoms with van der Waals surface area (Å²) in [5, 5.41) is 0. The number of halogens is 1. The van der Waals surface area contributed by atoms with E-state index in [1.54, 1.807) is 28.0 Å². The molecule has 0 radical (unpaired) electrons. The van der Waals surface area contributed by atoms with Crippen molar-refractivity contribution in [3.8, 4) is 0 Å². The summed E-state index contributed by atoms with van der Waals surface area (Å²) in [6.45, 7) is 5.44. The molecule has 2 aromatic rings. The third-order valence-electron chi connectivity index (χ3n) is 4.11. The SMILES string of the molecule is C=CCN(Cc1ccc(Cl)s1)C(=O)c1ccc(N2CCCC2=O)cc1. The Kier molecular flexibility index (Phi) is 5.56. The molecule has 0 bridgehead atoms. The molecule has 0 saturated carbocycles. The summed E-state index contributed by atoms with van der Waals surface area (Å²) in [5.41, 5.74) is 1.44. The first-order chi connectivity index (χ1) is 12.1. The fourth-order valence-electron chi connectivity index (χ4n) is 2.89. The van der Waals surface area contributed by atoms with E-state index in [1.807, 2.05) is 24.3 Å². The summed E-state index contributed by atoms with van der Waals surface area (Å²) in [5.74, 6) is 0.0747. The van der Waals surface area contributed by atoms with Crippen molar-refractivity contribution in [2.45, 2.75) is 19.4 Å². The van der Waals surface area contributed by atoms with Crippen LogP contribution < -0.4 is 4.90 Å². The van der Waals surface area contributed by atoms with Crippen molar-refractivity contribution in [1.29, 1.82) is 0 Å². The number of amides is 2. The number of thiophene rings is 1. The van der Waals surface area contributed by atoms with Crippen LogP contribution in [0.3, 0.4) is 0 Å². The van der Waals surface area contributed by atoms with Crippen LogP contribution in [0.2, 0.25) is 4.34 Å². The highest BCUT2D eigenvalue weighted by Crippen LogP contribution is 2.25. The molecule has 0 aliphatic carbocycles. The Morgan fingerprint density at radius 3 is 2.60 bits per heavy atom. The Hall–Kier alpha value is -2.11. The van der Waals surface area contributed by atoms with Crippen LogP contribution in [-0.2, 0) is 11.3 Å². The molecular weight excluding hydrogens is 356 g/mol. The standard InChI is InChI=1S/C19H19ClN2O2S/c1-2-11-21(13-16-9-10-17(20)25-16)19(24)14-5-7-15(8-6-14)22-12-3-4-18(22)23/h2,5-10H,1,3-4,11-13H2. The van der Waals surface area contributed by atoms with Gasteiger partial charge < -0.3 is 9.80 Å². The van der Waals surface area contributed by atoms with Crippen molar-refractivity contribution in [2.24, 2.45) is 0 Å². The van der Waals surface area contributed by atoms with E-state index in [2.05, 4.69) is 6.58 Å². The van der Waals surface area contributed by atoms with Crippen molar-refractivity contribution in [2.75, 3.05) is 18.0 Å². The fraction of sp³-hybridized carbons (Fsp3) is 0.263. The van der Waals surface area contributed by atoms with Crippen molar-refractivity contribution >= 4 is 40.4 Å². The fourth-order valence-corrected chi connectivity index (χ4v) is 3.99. The molecule has 130 valence electrons.